The van der Waals surface area contributed by atoms with Crippen molar-refractivity contribution >= 4 is 23.4 Å². The molecule has 0 bridgehead atoms. The molecule has 21 heavy (non-hydrogen) atoms. The van der Waals surface area contributed by atoms with Crippen molar-refractivity contribution in [2.75, 3.05) is 30.9 Å². The summed E-state index contributed by atoms with van der Waals surface area (Å²) in [5.41, 5.74) is 0.504. The molecule has 1 saturated heterocycles. The van der Waals surface area contributed by atoms with Gasteiger partial charge in [0, 0.05) is 32.0 Å². The zero-order valence-corrected chi connectivity index (χ0v) is 12.6. The minimum Gasteiger partial charge on any atom is -0.480 e. The van der Waals surface area contributed by atoms with Crippen LogP contribution in [0.1, 0.15) is 19.8 Å². The third-order valence-electron chi connectivity index (χ3n) is 3.96. The summed E-state index contributed by atoms with van der Waals surface area (Å²) in [6, 6.07) is 7.07. The molecule has 1 aromatic rings. The Hall–Kier alpha value is -2.24. The lowest BCUT2D eigenvalue weighted by Crippen LogP contribution is -2.52. The van der Waals surface area contributed by atoms with E-state index in [4.69, 9.17) is 0 Å². The van der Waals surface area contributed by atoms with Crippen LogP contribution in [0, 0.1) is 0 Å². The van der Waals surface area contributed by atoms with Crippen molar-refractivity contribution in [1.82, 2.24) is 4.90 Å². The maximum atomic E-state index is 12.4. The number of urea groups is 1. The number of anilines is 2. The summed E-state index contributed by atoms with van der Waals surface area (Å²) in [5, 5.41) is 12.1. The van der Waals surface area contributed by atoms with E-state index in [1.165, 1.54) is 4.90 Å². The van der Waals surface area contributed by atoms with E-state index in [1.54, 1.807) is 13.0 Å². The SMILES string of the molecule is CN(C)c1cccc(NC(=O)N2CCCC2(C)C(=O)O)c1. The first kappa shape index (κ1) is 15.2. The van der Waals surface area contributed by atoms with E-state index in [1.807, 2.05) is 37.2 Å². The minimum absolute atomic E-state index is 0.367. The van der Waals surface area contributed by atoms with E-state index in [-0.39, 0.29) is 6.03 Å². The second-order valence-corrected chi connectivity index (χ2v) is 5.71. The molecule has 0 saturated carbocycles. The Bertz CT molecular complexity index is 559. The van der Waals surface area contributed by atoms with Crippen molar-refractivity contribution in [3.63, 3.8) is 0 Å². The summed E-state index contributed by atoms with van der Waals surface area (Å²) in [6.45, 7) is 2.06. The van der Waals surface area contributed by atoms with E-state index in [2.05, 4.69) is 5.32 Å². The topological polar surface area (TPSA) is 72.9 Å². The quantitative estimate of drug-likeness (QED) is 0.895. The van der Waals surface area contributed by atoms with Gasteiger partial charge in [0.2, 0.25) is 0 Å². The van der Waals surface area contributed by atoms with Gasteiger partial charge in [0.25, 0.3) is 0 Å². The summed E-state index contributed by atoms with van der Waals surface area (Å²) < 4.78 is 0. The predicted molar refractivity (Wildman–Crippen MR) is 81.8 cm³/mol. The fourth-order valence-corrected chi connectivity index (χ4v) is 2.56. The molecule has 0 aromatic heterocycles. The largest absolute Gasteiger partial charge is 0.480 e. The number of nitrogens with zero attached hydrogens (tertiary/aromatic N) is 2. The van der Waals surface area contributed by atoms with E-state index in [0.717, 1.165) is 5.69 Å². The van der Waals surface area contributed by atoms with Crippen molar-refractivity contribution in [2.24, 2.45) is 0 Å². The molecule has 1 heterocycles. The third kappa shape index (κ3) is 2.94. The lowest BCUT2D eigenvalue weighted by molar-refractivity contribution is -0.146. The van der Waals surface area contributed by atoms with Gasteiger partial charge in [-0.3, -0.25) is 0 Å². The standard InChI is InChI=1S/C15H21N3O3/c1-15(13(19)20)8-5-9-18(15)14(21)16-11-6-4-7-12(10-11)17(2)3/h4,6-7,10H,5,8-9H2,1-3H3,(H,16,21)(H,19,20). The lowest BCUT2D eigenvalue weighted by atomic mass is 10.00. The molecule has 0 radical (unpaired) electrons. The van der Waals surface area contributed by atoms with E-state index < -0.39 is 11.5 Å². The van der Waals surface area contributed by atoms with E-state index >= 15 is 0 Å². The second kappa shape index (κ2) is 5.63. The van der Waals surface area contributed by atoms with Crippen LogP contribution in [0.4, 0.5) is 16.2 Å². The number of nitrogens with one attached hydrogen (secondary N) is 1. The Kier molecular flexibility index (Phi) is 4.06. The van der Waals surface area contributed by atoms with Crippen LogP contribution in [0.15, 0.2) is 24.3 Å². The number of aliphatic carboxylic acids is 1. The molecule has 6 nitrogen and oxygen atoms in total. The summed E-state index contributed by atoms with van der Waals surface area (Å²) >= 11 is 0. The number of carbonyl (C=O) groups excluding carboxylic acids is 1. The van der Waals surface area contributed by atoms with Crippen molar-refractivity contribution in [2.45, 2.75) is 25.3 Å². The molecule has 1 aliphatic rings. The molecule has 1 unspecified atom stereocenters. The average molecular weight is 291 g/mol. The summed E-state index contributed by atoms with van der Waals surface area (Å²) in [5.74, 6) is -0.961. The van der Waals surface area contributed by atoms with Gasteiger partial charge in [-0.15, -0.1) is 0 Å². The van der Waals surface area contributed by atoms with Crippen LogP contribution in [0.3, 0.4) is 0 Å². The minimum atomic E-state index is -1.12. The fourth-order valence-electron chi connectivity index (χ4n) is 2.56. The van der Waals surface area contributed by atoms with Gasteiger partial charge in [0.1, 0.15) is 5.54 Å². The van der Waals surface area contributed by atoms with Crippen molar-refractivity contribution in [3.05, 3.63) is 24.3 Å². The van der Waals surface area contributed by atoms with E-state index in [0.29, 0.717) is 25.1 Å². The number of rotatable bonds is 3. The first-order valence-electron chi connectivity index (χ1n) is 6.94. The second-order valence-electron chi connectivity index (χ2n) is 5.71. The molecule has 2 amide bonds. The van der Waals surface area contributed by atoms with Gasteiger partial charge in [0.05, 0.1) is 0 Å². The number of amides is 2. The number of likely N-dealkylation sites (tertiary alicyclic amines) is 1. The molecule has 2 N–H and O–H groups in total. The van der Waals surface area contributed by atoms with Gasteiger partial charge >= 0.3 is 12.0 Å². The van der Waals surface area contributed by atoms with Gasteiger partial charge in [-0.2, -0.15) is 0 Å². The monoisotopic (exact) mass is 291 g/mol. The molecule has 1 aliphatic heterocycles. The average Bonchev–Trinajstić information content (AvgIpc) is 2.82. The Morgan fingerprint density at radius 2 is 2.10 bits per heavy atom. The normalized spacial score (nSPS) is 21.2. The zero-order valence-electron chi connectivity index (χ0n) is 12.6. The molecule has 114 valence electrons. The maximum Gasteiger partial charge on any atom is 0.329 e. The van der Waals surface area contributed by atoms with Crippen molar-refractivity contribution < 1.29 is 14.7 Å². The highest BCUT2D eigenvalue weighted by Gasteiger charge is 2.46. The lowest BCUT2D eigenvalue weighted by Gasteiger charge is -2.31. The number of hydrogen-bond donors (Lipinski definition) is 2. The number of carbonyl (C=O) groups is 2. The molecule has 1 fully saturated rings. The smallest absolute Gasteiger partial charge is 0.329 e. The van der Waals surface area contributed by atoms with Gasteiger partial charge in [-0.1, -0.05) is 6.07 Å². The summed E-state index contributed by atoms with van der Waals surface area (Å²) in [6.07, 6.45) is 1.18. The molecule has 0 spiro atoms. The van der Waals surface area contributed by atoms with Crippen LogP contribution in [0.25, 0.3) is 0 Å². The van der Waals surface area contributed by atoms with Crippen LogP contribution in [0.5, 0.6) is 0 Å². The van der Waals surface area contributed by atoms with Crippen molar-refractivity contribution in [1.29, 1.82) is 0 Å². The maximum absolute atomic E-state index is 12.4. The van der Waals surface area contributed by atoms with Crippen LogP contribution in [0.2, 0.25) is 0 Å². The van der Waals surface area contributed by atoms with Gasteiger partial charge in [0.15, 0.2) is 0 Å². The Morgan fingerprint density at radius 1 is 1.38 bits per heavy atom. The number of carboxylic acids is 1. The van der Waals surface area contributed by atoms with E-state index in [9.17, 15) is 14.7 Å². The molecule has 0 aliphatic carbocycles. The van der Waals surface area contributed by atoms with Crippen LogP contribution in [-0.4, -0.2) is 48.2 Å². The molecule has 6 heteroatoms. The van der Waals surface area contributed by atoms with Gasteiger partial charge in [-0.05, 0) is 38.0 Å². The highest BCUT2D eigenvalue weighted by molar-refractivity contribution is 5.94. The Morgan fingerprint density at radius 3 is 2.71 bits per heavy atom. The van der Waals surface area contributed by atoms with Crippen LogP contribution in [-0.2, 0) is 4.79 Å². The summed E-state index contributed by atoms with van der Waals surface area (Å²) in [7, 11) is 3.84. The third-order valence-corrected chi connectivity index (χ3v) is 3.96. The first-order chi connectivity index (χ1) is 9.84. The highest BCUT2D eigenvalue weighted by Crippen LogP contribution is 2.30. The molecular formula is C15H21N3O3. The van der Waals surface area contributed by atoms with Crippen molar-refractivity contribution in [3.8, 4) is 0 Å². The number of benzene rings is 1. The number of carboxylic acid groups (broad SMARTS) is 1. The fraction of sp³-hybridized carbons (Fsp3) is 0.467. The molecule has 1 atom stereocenters. The predicted octanol–water partition coefficient (Wildman–Crippen LogP) is 2.22. The highest BCUT2D eigenvalue weighted by atomic mass is 16.4. The Balaban J connectivity index is 2.15. The molecular weight excluding hydrogens is 270 g/mol. The van der Waals surface area contributed by atoms with Crippen LogP contribution >= 0.6 is 0 Å². The number of hydrogen-bond acceptors (Lipinski definition) is 3. The van der Waals surface area contributed by atoms with Crippen LogP contribution < -0.4 is 10.2 Å². The van der Waals surface area contributed by atoms with Gasteiger partial charge < -0.3 is 20.2 Å². The molecule has 1 aromatic carbocycles. The Labute approximate surface area is 124 Å². The summed E-state index contributed by atoms with van der Waals surface area (Å²) in [4.78, 5) is 27.1. The zero-order chi connectivity index (χ0) is 15.6. The van der Waals surface area contributed by atoms with Gasteiger partial charge in [-0.25, -0.2) is 9.59 Å². The first-order valence-corrected chi connectivity index (χ1v) is 6.94. The molecule has 2 rings (SSSR count).